The minimum atomic E-state index is 0.198. The Balaban J connectivity index is 0.00000189. The molecule has 0 unspecified atom stereocenters. The fourth-order valence-electron chi connectivity index (χ4n) is 4.44. The van der Waals surface area contributed by atoms with Crippen molar-refractivity contribution in [1.82, 2.24) is 24.9 Å². The number of hydrogen-bond acceptors (Lipinski definition) is 10. The first-order valence-corrected chi connectivity index (χ1v) is 15.3. The number of nitrogens with one attached hydrogen (secondary N) is 1. The number of anilines is 2. The van der Waals surface area contributed by atoms with E-state index in [9.17, 15) is 4.79 Å². The molecular formula is C30H40N8O2S. The Morgan fingerprint density at radius 3 is 2.56 bits per heavy atom. The first kappa shape index (κ1) is 30.4. The first-order chi connectivity index (χ1) is 20.0. The highest BCUT2D eigenvalue weighted by Gasteiger charge is 2.32. The van der Waals surface area contributed by atoms with Crippen molar-refractivity contribution in [3.8, 4) is 17.3 Å². The zero-order chi connectivity index (χ0) is 29.4. The molecule has 2 saturated carbocycles. The van der Waals surface area contributed by atoms with Gasteiger partial charge in [0.05, 0.1) is 30.7 Å². The van der Waals surface area contributed by atoms with Crippen molar-refractivity contribution in [2.75, 3.05) is 36.7 Å². The average molecular weight is 577 g/mol. The summed E-state index contributed by atoms with van der Waals surface area (Å²) in [5.41, 5.74) is 3.79. The lowest BCUT2D eigenvalue weighted by Crippen LogP contribution is -2.25. The van der Waals surface area contributed by atoms with Gasteiger partial charge in [0.1, 0.15) is 17.6 Å². The maximum absolute atomic E-state index is 12.0. The molecule has 0 aromatic carbocycles. The van der Waals surface area contributed by atoms with Crippen LogP contribution in [0.15, 0.2) is 34.5 Å². The van der Waals surface area contributed by atoms with Crippen LogP contribution in [0.1, 0.15) is 69.5 Å². The SMILES string of the molecule is CC.CCSc1ccc(CN=C(C=O)Nc2c(C)nc(-c3c(OC)ncnc3C3CC3)nc2N(C)CC2CC2)nc1. The van der Waals surface area contributed by atoms with Gasteiger partial charge >= 0.3 is 0 Å². The van der Waals surface area contributed by atoms with Crippen LogP contribution in [-0.4, -0.2) is 63.5 Å². The van der Waals surface area contributed by atoms with Crippen LogP contribution in [0.25, 0.3) is 11.4 Å². The molecule has 0 atom stereocenters. The van der Waals surface area contributed by atoms with E-state index in [2.05, 4.69) is 37.1 Å². The van der Waals surface area contributed by atoms with E-state index >= 15 is 0 Å². The zero-order valence-corrected chi connectivity index (χ0v) is 25.7. The summed E-state index contributed by atoms with van der Waals surface area (Å²) >= 11 is 1.74. The van der Waals surface area contributed by atoms with Gasteiger partial charge < -0.3 is 15.0 Å². The number of rotatable bonds is 12. The Labute approximate surface area is 246 Å². The van der Waals surface area contributed by atoms with Gasteiger partial charge in [-0.15, -0.1) is 11.8 Å². The maximum Gasteiger partial charge on any atom is 0.227 e. The van der Waals surface area contributed by atoms with Crippen molar-refractivity contribution in [3.05, 3.63) is 41.7 Å². The Morgan fingerprint density at radius 2 is 1.95 bits per heavy atom. The third-order valence-electron chi connectivity index (χ3n) is 6.77. The normalized spacial score (nSPS) is 14.6. The van der Waals surface area contributed by atoms with Crippen LogP contribution in [0, 0.1) is 12.8 Å². The van der Waals surface area contributed by atoms with Gasteiger partial charge in [0, 0.05) is 30.6 Å². The molecule has 3 aromatic rings. The van der Waals surface area contributed by atoms with Crippen molar-refractivity contribution in [1.29, 1.82) is 0 Å². The Morgan fingerprint density at radius 1 is 1.17 bits per heavy atom. The summed E-state index contributed by atoms with van der Waals surface area (Å²) in [6.07, 6.45) is 8.67. The summed E-state index contributed by atoms with van der Waals surface area (Å²) in [6, 6.07) is 3.97. The number of aryl methyl sites for hydroxylation is 1. The molecule has 2 fully saturated rings. The molecule has 41 heavy (non-hydrogen) atoms. The lowest BCUT2D eigenvalue weighted by Gasteiger charge is -2.24. The average Bonchev–Trinajstić information content (AvgIpc) is 3.93. The summed E-state index contributed by atoms with van der Waals surface area (Å²) in [7, 11) is 3.62. The first-order valence-electron chi connectivity index (χ1n) is 14.3. The van der Waals surface area contributed by atoms with Crippen molar-refractivity contribution >= 4 is 35.4 Å². The minimum Gasteiger partial charge on any atom is -0.480 e. The third-order valence-corrected chi connectivity index (χ3v) is 7.63. The number of aromatic nitrogens is 5. The number of amidine groups is 1. The highest BCUT2D eigenvalue weighted by Crippen LogP contribution is 2.45. The van der Waals surface area contributed by atoms with Crippen molar-refractivity contribution in [3.63, 3.8) is 0 Å². The molecule has 2 aliphatic rings. The number of pyridine rings is 1. The Hall–Kier alpha value is -3.60. The number of nitrogens with zero attached hydrogens (tertiary/aromatic N) is 7. The van der Waals surface area contributed by atoms with E-state index in [4.69, 9.17) is 14.7 Å². The fourth-order valence-corrected chi connectivity index (χ4v) is 5.06. The number of carbonyl (C=O) groups is 1. The predicted octanol–water partition coefficient (Wildman–Crippen LogP) is 5.72. The number of ether oxygens (including phenoxy) is 1. The highest BCUT2D eigenvalue weighted by molar-refractivity contribution is 7.99. The van der Waals surface area contributed by atoms with E-state index in [-0.39, 0.29) is 12.4 Å². The van der Waals surface area contributed by atoms with E-state index in [0.717, 1.165) is 53.3 Å². The van der Waals surface area contributed by atoms with Crippen LogP contribution in [0.2, 0.25) is 0 Å². The molecule has 0 bridgehead atoms. The van der Waals surface area contributed by atoms with Crippen LogP contribution in [0.5, 0.6) is 5.88 Å². The van der Waals surface area contributed by atoms with Crippen molar-refractivity contribution in [2.24, 2.45) is 10.9 Å². The van der Waals surface area contributed by atoms with Crippen LogP contribution in [0.3, 0.4) is 0 Å². The number of thioether (sulfide) groups is 1. The van der Waals surface area contributed by atoms with Gasteiger partial charge in [0.15, 0.2) is 23.8 Å². The Bertz CT molecular complexity index is 1360. The van der Waals surface area contributed by atoms with Gasteiger partial charge in [-0.1, -0.05) is 20.8 Å². The molecule has 5 rings (SSSR count). The molecule has 11 heteroatoms. The van der Waals surface area contributed by atoms with Crippen LogP contribution in [-0.2, 0) is 11.3 Å². The van der Waals surface area contributed by atoms with E-state index in [1.54, 1.807) is 18.9 Å². The molecule has 218 valence electrons. The second-order valence-electron chi connectivity index (χ2n) is 9.94. The van der Waals surface area contributed by atoms with Gasteiger partial charge in [-0.3, -0.25) is 14.8 Å². The van der Waals surface area contributed by atoms with Gasteiger partial charge in [-0.2, -0.15) is 0 Å². The van der Waals surface area contributed by atoms with Crippen LogP contribution < -0.4 is 15.0 Å². The van der Waals surface area contributed by atoms with Crippen molar-refractivity contribution in [2.45, 2.75) is 70.7 Å². The molecule has 3 aromatic heterocycles. The van der Waals surface area contributed by atoms with E-state index in [1.807, 2.05) is 46.1 Å². The molecule has 2 aliphatic carbocycles. The lowest BCUT2D eigenvalue weighted by atomic mass is 10.1. The number of aldehydes is 1. The number of aliphatic imine (C=N–C) groups is 1. The molecule has 0 radical (unpaired) electrons. The summed E-state index contributed by atoms with van der Waals surface area (Å²) in [5.74, 6) is 3.87. The summed E-state index contributed by atoms with van der Waals surface area (Å²) in [6.45, 7) is 9.16. The smallest absolute Gasteiger partial charge is 0.227 e. The summed E-state index contributed by atoms with van der Waals surface area (Å²) in [5, 5.41) is 3.22. The molecule has 0 spiro atoms. The zero-order valence-electron chi connectivity index (χ0n) is 24.8. The monoisotopic (exact) mass is 576 g/mol. The summed E-state index contributed by atoms with van der Waals surface area (Å²) in [4.78, 5) is 43.0. The second-order valence-corrected chi connectivity index (χ2v) is 11.3. The molecule has 0 saturated heterocycles. The van der Waals surface area contributed by atoms with Crippen LogP contribution in [0.4, 0.5) is 11.5 Å². The number of hydrogen-bond donors (Lipinski definition) is 1. The van der Waals surface area contributed by atoms with Gasteiger partial charge in [0.2, 0.25) is 5.88 Å². The third kappa shape index (κ3) is 7.78. The minimum absolute atomic E-state index is 0.198. The second kappa shape index (κ2) is 14.3. The lowest BCUT2D eigenvalue weighted by molar-refractivity contribution is -0.102. The van der Waals surface area contributed by atoms with Gasteiger partial charge in [-0.05, 0) is 56.4 Å². The fraction of sp³-hybridized carbons (Fsp3) is 0.500. The predicted molar refractivity (Wildman–Crippen MR) is 165 cm³/mol. The van der Waals surface area contributed by atoms with Crippen molar-refractivity contribution < 1.29 is 9.53 Å². The topological polar surface area (TPSA) is 118 Å². The molecule has 1 N–H and O–H groups in total. The maximum atomic E-state index is 12.0. The largest absolute Gasteiger partial charge is 0.480 e. The molecule has 10 nitrogen and oxygen atoms in total. The van der Waals surface area contributed by atoms with E-state index in [1.165, 1.54) is 19.2 Å². The van der Waals surface area contributed by atoms with E-state index < -0.39 is 0 Å². The Kier molecular flexibility index (Phi) is 10.6. The van der Waals surface area contributed by atoms with Gasteiger partial charge in [0.25, 0.3) is 0 Å². The number of methoxy groups -OCH3 is 1. The molecule has 0 amide bonds. The number of carbonyl (C=O) groups excluding carboxylic acids is 1. The molecular weight excluding hydrogens is 536 g/mol. The highest BCUT2D eigenvalue weighted by atomic mass is 32.2. The summed E-state index contributed by atoms with van der Waals surface area (Å²) < 4.78 is 5.61. The van der Waals surface area contributed by atoms with Gasteiger partial charge in [-0.25, -0.2) is 19.9 Å². The van der Waals surface area contributed by atoms with Crippen LogP contribution >= 0.6 is 11.8 Å². The molecule has 3 heterocycles. The standard InChI is InChI=1S/C28H34N8O2S.C2H6/c1-5-39-21-11-10-20(29-13-21)12-30-22(15-37)34-24-17(2)33-26(35-27(24)36(3)14-18-6-7-18)23-25(19-8-9-19)31-16-32-28(23)38-4;1-2/h10-11,13,15-16,18-19H,5-9,12,14H2,1-4H3,(H,30,34);1-2H3. The molecule has 0 aliphatic heterocycles. The van der Waals surface area contributed by atoms with E-state index in [0.29, 0.717) is 40.7 Å². The quantitative estimate of drug-likeness (QED) is 0.124.